The zero-order valence-corrected chi connectivity index (χ0v) is 11.1. The lowest BCUT2D eigenvalue weighted by Gasteiger charge is -2.09. The van der Waals surface area contributed by atoms with Gasteiger partial charge in [-0.1, -0.05) is 15.9 Å². The van der Waals surface area contributed by atoms with Gasteiger partial charge in [-0.2, -0.15) is 0 Å². The summed E-state index contributed by atoms with van der Waals surface area (Å²) < 4.78 is 12.5. The van der Waals surface area contributed by atoms with E-state index in [2.05, 4.69) is 31.9 Å². The highest BCUT2D eigenvalue weighted by molar-refractivity contribution is 9.11. The molecule has 1 heterocycles. The molecule has 0 aliphatic carbocycles. The van der Waals surface area contributed by atoms with Crippen LogP contribution in [0.5, 0.6) is 5.75 Å². The maximum Gasteiger partial charge on any atom is 0.144 e. The maximum absolute atomic E-state index is 5.35. The predicted octanol–water partition coefficient (Wildman–Crippen LogP) is 4.48. The molecule has 0 saturated heterocycles. The lowest BCUT2D eigenvalue weighted by atomic mass is 10.1. The maximum atomic E-state index is 5.35. The normalized spacial score (nSPS) is 10.3. The summed E-state index contributed by atoms with van der Waals surface area (Å²) in [6.07, 6.45) is 1.64. The molecule has 2 rings (SSSR count). The van der Waals surface area contributed by atoms with Crippen molar-refractivity contribution in [3.63, 3.8) is 0 Å². The Kier molecular flexibility index (Phi) is 3.17. The highest BCUT2D eigenvalue weighted by Crippen LogP contribution is 2.39. The summed E-state index contributed by atoms with van der Waals surface area (Å²) in [5.74, 6) is 1.56. The number of hydrogen-bond acceptors (Lipinski definition) is 2. The number of halogens is 2. The second-order valence-corrected chi connectivity index (χ2v) is 4.72. The Morgan fingerprint density at radius 2 is 2.07 bits per heavy atom. The molecule has 0 aliphatic rings. The summed E-state index contributed by atoms with van der Waals surface area (Å²) in [6.45, 7) is 0. The van der Waals surface area contributed by atoms with Gasteiger partial charge in [-0.25, -0.2) is 0 Å². The van der Waals surface area contributed by atoms with E-state index in [9.17, 15) is 0 Å². The summed E-state index contributed by atoms with van der Waals surface area (Å²) in [5, 5.41) is 0. The Bertz CT molecular complexity index is 464. The minimum atomic E-state index is 0.771. The van der Waals surface area contributed by atoms with Gasteiger partial charge in [-0.3, -0.25) is 0 Å². The Morgan fingerprint density at radius 3 is 2.67 bits per heavy atom. The number of hydrogen-bond donors (Lipinski definition) is 0. The van der Waals surface area contributed by atoms with Gasteiger partial charge in [-0.15, -0.1) is 0 Å². The van der Waals surface area contributed by atoms with Crippen LogP contribution in [0.15, 0.2) is 43.9 Å². The fourth-order valence-electron chi connectivity index (χ4n) is 1.38. The zero-order chi connectivity index (χ0) is 10.8. The van der Waals surface area contributed by atoms with Crippen LogP contribution < -0.4 is 4.74 Å². The fourth-order valence-corrected chi connectivity index (χ4v) is 2.77. The van der Waals surface area contributed by atoms with Crippen molar-refractivity contribution in [1.29, 1.82) is 0 Å². The molecule has 78 valence electrons. The second kappa shape index (κ2) is 4.41. The van der Waals surface area contributed by atoms with Gasteiger partial charge in [0, 0.05) is 4.47 Å². The first-order valence-electron chi connectivity index (χ1n) is 4.29. The molecular weight excluding hydrogens is 324 g/mol. The SMILES string of the molecule is COc1c(Br)cc(Br)cc1-c1ccco1. The van der Waals surface area contributed by atoms with E-state index >= 15 is 0 Å². The molecule has 2 aromatic rings. The zero-order valence-electron chi connectivity index (χ0n) is 7.96. The van der Waals surface area contributed by atoms with Gasteiger partial charge >= 0.3 is 0 Å². The van der Waals surface area contributed by atoms with Crippen molar-refractivity contribution in [2.75, 3.05) is 7.11 Å². The Hall–Kier alpha value is -0.740. The number of benzene rings is 1. The molecule has 0 amide bonds. The van der Waals surface area contributed by atoms with Crippen LogP contribution in [0, 0.1) is 0 Å². The topological polar surface area (TPSA) is 22.4 Å². The molecule has 4 heteroatoms. The highest BCUT2D eigenvalue weighted by atomic mass is 79.9. The van der Waals surface area contributed by atoms with Crippen LogP contribution in [0.1, 0.15) is 0 Å². The van der Waals surface area contributed by atoms with Gasteiger partial charge < -0.3 is 9.15 Å². The average Bonchev–Trinajstić information content (AvgIpc) is 2.69. The van der Waals surface area contributed by atoms with Crippen molar-refractivity contribution in [2.24, 2.45) is 0 Å². The number of ether oxygens (including phenoxy) is 1. The summed E-state index contributed by atoms with van der Waals surface area (Å²) in [4.78, 5) is 0. The van der Waals surface area contributed by atoms with Crippen molar-refractivity contribution in [3.05, 3.63) is 39.5 Å². The van der Waals surface area contributed by atoms with Gasteiger partial charge in [-0.05, 0) is 40.2 Å². The van der Waals surface area contributed by atoms with Crippen molar-refractivity contribution in [2.45, 2.75) is 0 Å². The smallest absolute Gasteiger partial charge is 0.144 e. The Balaban J connectivity index is 2.64. The van der Waals surface area contributed by atoms with Crippen molar-refractivity contribution >= 4 is 31.9 Å². The van der Waals surface area contributed by atoms with Crippen LogP contribution in [0.4, 0.5) is 0 Å². The van der Waals surface area contributed by atoms with E-state index in [-0.39, 0.29) is 0 Å². The minimum absolute atomic E-state index is 0.771. The number of rotatable bonds is 2. The molecule has 2 nitrogen and oxygen atoms in total. The van der Waals surface area contributed by atoms with Gasteiger partial charge in [0.15, 0.2) is 0 Å². The van der Waals surface area contributed by atoms with Crippen LogP contribution in [-0.2, 0) is 0 Å². The van der Waals surface area contributed by atoms with Gasteiger partial charge in [0.2, 0.25) is 0 Å². The summed E-state index contributed by atoms with van der Waals surface area (Å²) in [7, 11) is 1.64. The number of methoxy groups -OCH3 is 1. The third kappa shape index (κ3) is 2.11. The third-order valence-electron chi connectivity index (χ3n) is 2.00. The van der Waals surface area contributed by atoms with Gasteiger partial charge in [0.25, 0.3) is 0 Å². The van der Waals surface area contributed by atoms with Crippen LogP contribution in [0.2, 0.25) is 0 Å². The molecular formula is C11H8Br2O2. The number of furan rings is 1. The molecule has 0 bridgehead atoms. The lowest BCUT2D eigenvalue weighted by Crippen LogP contribution is -1.88. The molecule has 0 unspecified atom stereocenters. The molecule has 0 aliphatic heterocycles. The summed E-state index contributed by atoms with van der Waals surface area (Å²) in [6, 6.07) is 7.65. The van der Waals surface area contributed by atoms with Crippen molar-refractivity contribution < 1.29 is 9.15 Å². The highest BCUT2D eigenvalue weighted by Gasteiger charge is 2.12. The lowest BCUT2D eigenvalue weighted by molar-refractivity contribution is 0.412. The van der Waals surface area contributed by atoms with Crippen LogP contribution in [-0.4, -0.2) is 7.11 Å². The Labute approximate surface area is 104 Å². The monoisotopic (exact) mass is 330 g/mol. The average molecular weight is 332 g/mol. The largest absolute Gasteiger partial charge is 0.495 e. The molecule has 0 saturated carbocycles. The first kappa shape index (κ1) is 10.8. The quantitative estimate of drug-likeness (QED) is 0.809. The van der Waals surface area contributed by atoms with Crippen molar-refractivity contribution in [3.8, 4) is 17.1 Å². The first-order valence-corrected chi connectivity index (χ1v) is 5.88. The van der Waals surface area contributed by atoms with Gasteiger partial charge in [0.1, 0.15) is 11.5 Å². The molecule has 0 fully saturated rings. The van der Waals surface area contributed by atoms with Crippen LogP contribution in [0.25, 0.3) is 11.3 Å². The molecule has 1 aromatic carbocycles. The molecule has 0 radical (unpaired) electrons. The van der Waals surface area contributed by atoms with Crippen molar-refractivity contribution in [1.82, 2.24) is 0 Å². The summed E-state index contributed by atoms with van der Waals surface area (Å²) >= 11 is 6.88. The molecule has 1 aromatic heterocycles. The molecule has 0 atom stereocenters. The van der Waals surface area contributed by atoms with E-state index in [1.807, 2.05) is 24.3 Å². The fraction of sp³-hybridized carbons (Fsp3) is 0.0909. The van der Waals surface area contributed by atoms with E-state index in [0.717, 1.165) is 26.0 Å². The van der Waals surface area contributed by atoms with E-state index < -0.39 is 0 Å². The van der Waals surface area contributed by atoms with Crippen LogP contribution >= 0.6 is 31.9 Å². The minimum Gasteiger partial charge on any atom is -0.495 e. The predicted molar refractivity (Wildman–Crippen MR) is 66.1 cm³/mol. The van der Waals surface area contributed by atoms with Crippen LogP contribution in [0.3, 0.4) is 0 Å². The molecule has 0 spiro atoms. The van der Waals surface area contributed by atoms with E-state index in [4.69, 9.17) is 9.15 Å². The second-order valence-electron chi connectivity index (χ2n) is 2.95. The van der Waals surface area contributed by atoms with Gasteiger partial charge in [0.05, 0.1) is 23.4 Å². The van der Waals surface area contributed by atoms with E-state index in [1.165, 1.54) is 0 Å². The standard InChI is InChI=1S/C11H8Br2O2/c1-14-11-8(10-3-2-4-15-10)5-7(12)6-9(11)13/h2-6H,1H3. The Morgan fingerprint density at radius 1 is 1.27 bits per heavy atom. The van der Waals surface area contributed by atoms with E-state index in [0.29, 0.717) is 0 Å². The van der Waals surface area contributed by atoms with E-state index in [1.54, 1.807) is 13.4 Å². The third-order valence-corrected chi connectivity index (χ3v) is 3.05. The summed E-state index contributed by atoms with van der Waals surface area (Å²) in [5.41, 5.74) is 0.920. The molecule has 15 heavy (non-hydrogen) atoms. The molecule has 0 N–H and O–H groups in total. The first-order chi connectivity index (χ1) is 7.22.